The predicted molar refractivity (Wildman–Crippen MR) is 101 cm³/mol. The number of nitrogens with one attached hydrogen (secondary N) is 1. The molecule has 0 saturated heterocycles. The quantitative estimate of drug-likeness (QED) is 0.490. The third-order valence-electron chi connectivity index (χ3n) is 3.92. The summed E-state index contributed by atoms with van der Waals surface area (Å²) in [6.07, 6.45) is 0. The number of ether oxygens (including phenoxy) is 1. The molecule has 0 amide bonds. The average Bonchev–Trinajstić information content (AvgIpc) is 3.26. The number of nitrogens with zero attached hydrogens (tertiary/aromatic N) is 1. The zero-order valence-electron chi connectivity index (χ0n) is 13.6. The Bertz CT molecular complexity index is 946. The molecule has 0 unspecified atom stereocenters. The second-order valence-corrected chi connectivity index (χ2v) is 6.58. The van der Waals surface area contributed by atoms with E-state index in [4.69, 9.17) is 9.26 Å². The summed E-state index contributed by atoms with van der Waals surface area (Å²) in [4.78, 5) is 0.923. The Labute approximate surface area is 150 Å². The van der Waals surface area contributed by atoms with Crippen LogP contribution in [0.2, 0.25) is 0 Å². The van der Waals surface area contributed by atoms with Crippen LogP contribution >= 0.6 is 11.3 Å². The van der Waals surface area contributed by atoms with Gasteiger partial charge in [0.15, 0.2) is 10.6 Å². The fourth-order valence-corrected chi connectivity index (χ4v) is 3.39. The fraction of sp³-hybridized carbons (Fsp3) is 0.150. The van der Waals surface area contributed by atoms with E-state index in [1.54, 1.807) is 11.3 Å². The summed E-state index contributed by atoms with van der Waals surface area (Å²) in [5.74, 6) is 1.63. The molecule has 126 valence electrons. The maximum Gasteiger partial charge on any atom is 0.175 e. The molecule has 0 radical (unpaired) electrons. The van der Waals surface area contributed by atoms with Gasteiger partial charge in [-0.1, -0.05) is 47.6 Å². The molecule has 0 aliphatic rings. The van der Waals surface area contributed by atoms with Crippen LogP contribution in [0.4, 0.5) is 0 Å². The van der Waals surface area contributed by atoms with Crippen LogP contribution in [0.25, 0.3) is 21.5 Å². The van der Waals surface area contributed by atoms with Crippen molar-refractivity contribution in [1.82, 2.24) is 10.5 Å². The molecule has 0 aliphatic heterocycles. The van der Waals surface area contributed by atoms with Crippen LogP contribution < -0.4 is 10.1 Å². The molecule has 5 heteroatoms. The molecule has 0 spiro atoms. The van der Waals surface area contributed by atoms with Crippen molar-refractivity contribution in [3.05, 3.63) is 71.6 Å². The van der Waals surface area contributed by atoms with Crippen LogP contribution in [-0.2, 0) is 6.54 Å². The van der Waals surface area contributed by atoms with Crippen molar-refractivity contribution in [2.24, 2.45) is 0 Å². The minimum Gasteiger partial charge on any atom is -0.492 e. The molecule has 4 rings (SSSR count). The third kappa shape index (κ3) is 3.73. The van der Waals surface area contributed by atoms with Crippen molar-refractivity contribution < 1.29 is 9.26 Å². The normalized spacial score (nSPS) is 11.0. The van der Waals surface area contributed by atoms with Gasteiger partial charge in [0.25, 0.3) is 0 Å². The maximum absolute atomic E-state index is 5.85. The van der Waals surface area contributed by atoms with Crippen LogP contribution in [0.15, 0.2) is 70.6 Å². The molecule has 0 aliphatic carbocycles. The van der Waals surface area contributed by atoms with Crippen LogP contribution in [-0.4, -0.2) is 18.3 Å². The van der Waals surface area contributed by atoms with Gasteiger partial charge in [-0.25, -0.2) is 0 Å². The molecular weight excluding hydrogens is 332 g/mol. The van der Waals surface area contributed by atoms with Gasteiger partial charge in [0, 0.05) is 18.7 Å². The molecule has 0 atom stereocenters. The average molecular weight is 350 g/mol. The Balaban J connectivity index is 1.33. The SMILES string of the molecule is c1ccc(CNCCOc2cccc(-c3onc4sccc34)c2)cc1. The zero-order valence-corrected chi connectivity index (χ0v) is 14.5. The first-order valence-electron chi connectivity index (χ1n) is 8.21. The number of fused-ring (bicyclic) bond motifs is 1. The molecular formula is C20H18N2O2S. The lowest BCUT2D eigenvalue weighted by molar-refractivity contribution is 0.313. The van der Waals surface area contributed by atoms with Gasteiger partial charge in [-0.15, -0.1) is 11.3 Å². The molecule has 25 heavy (non-hydrogen) atoms. The second-order valence-electron chi connectivity index (χ2n) is 5.69. The van der Waals surface area contributed by atoms with E-state index in [-0.39, 0.29) is 0 Å². The Morgan fingerprint density at radius 1 is 1.04 bits per heavy atom. The molecule has 4 aromatic rings. The summed E-state index contributed by atoms with van der Waals surface area (Å²) >= 11 is 1.58. The minimum absolute atomic E-state index is 0.612. The first kappa shape index (κ1) is 15.9. The number of benzene rings is 2. The molecule has 2 aromatic carbocycles. The van der Waals surface area contributed by atoms with E-state index in [9.17, 15) is 0 Å². The first-order valence-corrected chi connectivity index (χ1v) is 9.09. The van der Waals surface area contributed by atoms with E-state index < -0.39 is 0 Å². The second kappa shape index (κ2) is 7.51. The zero-order chi connectivity index (χ0) is 16.9. The van der Waals surface area contributed by atoms with Gasteiger partial charge >= 0.3 is 0 Å². The minimum atomic E-state index is 0.612. The van der Waals surface area contributed by atoms with Gasteiger partial charge in [0.05, 0.1) is 5.39 Å². The number of hydrogen-bond acceptors (Lipinski definition) is 5. The Morgan fingerprint density at radius 2 is 1.96 bits per heavy atom. The monoisotopic (exact) mass is 350 g/mol. The van der Waals surface area contributed by atoms with Crippen LogP contribution in [0, 0.1) is 0 Å². The summed E-state index contributed by atoms with van der Waals surface area (Å²) in [5, 5.41) is 10.5. The fourth-order valence-electron chi connectivity index (χ4n) is 2.69. The molecule has 1 N–H and O–H groups in total. The van der Waals surface area contributed by atoms with Gasteiger partial charge in [0.2, 0.25) is 0 Å². The Morgan fingerprint density at radius 3 is 2.88 bits per heavy atom. The van der Waals surface area contributed by atoms with Crippen molar-refractivity contribution in [2.75, 3.05) is 13.2 Å². The lowest BCUT2D eigenvalue weighted by atomic mass is 10.1. The number of hydrogen-bond donors (Lipinski definition) is 1. The number of aromatic nitrogens is 1. The van der Waals surface area contributed by atoms with E-state index in [1.165, 1.54) is 5.56 Å². The highest BCUT2D eigenvalue weighted by Crippen LogP contribution is 2.32. The van der Waals surface area contributed by atoms with Gasteiger partial charge in [-0.3, -0.25) is 0 Å². The van der Waals surface area contributed by atoms with Crippen molar-refractivity contribution in [3.63, 3.8) is 0 Å². The summed E-state index contributed by atoms with van der Waals surface area (Å²) in [7, 11) is 0. The van der Waals surface area contributed by atoms with E-state index in [1.807, 2.05) is 53.9 Å². The van der Waals surface area contributed by atoms with E-state index in [2.05, 4.69) is 22.6 Å². The van der Waals surface area contributed by atoms with Gasteiger partial charge in [-0.05, 0) is 29.1 Å². The summed E-state index contributed by atoms with van der Waals surface area (Å²) in [6.45, 7) is 2.25. The van der Waals surface area contributed by atoms with Crippen molar-refractivity contribution in [2.45, 2.75) is 6.54 Å². The molecule has 0 fully saturated rings. The Kier molecular flexibility index (Phi) is 4.77. The third-order valence-corrected chi connectivity index (χ3v) is 4.71. The van der Waals surface area contributed by atoms with Gasteiger partial charge < -0.3 is 14.6 Å². The molecule has 0 saturated carbocycles. The highest BCUT2D eigenvalue weighted by molar-refractivity contribution is 7.16. The molecule has 0 bridgehead atoms. The largest absolute Gasteiger partial charge is 0.492 e. The van der Waals surface area contributed by atoms with Crippen molar-refractivity contribution in [1.29, 1.82) is 0 Å². The van der Waals surface area contributed by atoms with Crippen LogP contribution in [0.1, 0.15) is 5.56 Å². The van der Waals surface area contributed by atoms with Crippen LogP contribution in [0.5, 0.6) is 5.75 Å². The predicted octanol–water partition coefficient (Wildman–Crippen LogP) is 4.72. The van der Waals surface area contributed by atoms with Crippen LogP contribution in [0.3, 0.4) is 0 Å². The highest BCUT2D eigenvalue weighted by atomic mass is 32.1. The van der Waals surface area contributed by atoms with E-state index in [0.717, 1.165) is 40.4 Å². The molecule has 2 heterocycles. The number of rotatable bonds is 7. The topological polar surface area (TPSA) is 47.3 Å². The van der Waals surface area contributed by atoms with Crippen molar-refractivity contribution in [3.8, 4) is 17.1 Å². The maximum atomic E-state index is 5.85. The van der Waals surface area contributed by atoms with E-state index in [0.29, 0.717) is 6.61 Å². The first-order chi connectivity index (χ1) is 12.4. The summed E-state index contributed by atoms with van der Waals surface area (Å²) in [5.41, 5.74) is 2.25. The lowest BCUT2D eigenvalue weighted by Crippen LogP contribution is -2.20. The highest BCUT2D eigenvalue weighted by Gasteiger charge is 2.12. The standard InChI is InChI=1S/C20H18N2O2S/c1-2-5-15(6-3-1)14-21-10-11-23-17-8-4-7-16(13-17)19-18-9-12-25-20(18)22-24-19/h1-9,12-13,21H,10-11,14H2. The van der Waals surface area contributed by atoms with Gasteiger partial charge in [0.1, 0.15) is 12.4 Å². The Hall–Kier alpha value is -2.63. The lowest BCUT2D eigenvalue weighted by Gasteiger charge is -2.08. The van der Waals surface area contributed by atoms with Gasteiger partial charge in [-0.2, -0.15) is 0 Å². The number of thiophene rings is 1. The smallest absolute Gasteiger partial charge is 0.175 e. The molecule has 4 nitrogen and oxygen atoms in total. The van der Waals surface area contributed by atoms with E-state index >= 15 is 0 Å². The van der Waals surface area contributed by atoms with Crippen molar-refractivity contribution >= 4 is 21.6 Å². The summed E-state index contributed by atoms with van der Waals surface area (Å²) < 4.78 is 11.3. The molecule has 2 aromatic heterocycles. The summed E-state index contributed by atoms with van der Waals surface area (Å²) in [6, 6.07) is 20.3.